The Morgan fingerprint density at radius 1 is 1.24 bits per heavy atom. The number of aromatic nitrogens is 1. The van der Waals surface area contributed by atoms with Gasteiger partial charge in [-0.3, -0.25) is 4.72 Å². The Labute approximate surface area is 125 Å². The van der Waals surface area contributed by atoms with E-state index in [4.69, 9.17) is 26.8 Å². The number of hydrogen-bond acceptors (Lipinski definition) is 6. The van der Waals surface area contributed by atoms with E-state index in [-0.39, 0.29) is 22.5 Å². The molecule has 2 heterocycles. The summed E-state index contributed by atoms with van der Waals surface area (Å²) in [5.74, 6) is 1.11. The van der Waals surface area contributed by atoms with Gasteiger partial charge in [0.25, 0.3) is 10.0 Å². The Balaban J connectivity index is 1.90. The standard InChI is InChI=1S/C12H10ClN3O4S/c13-9-4-8(5-15-12(9)14)21(17,18)16-7-1-2-10-11(3-7)20-6-19-10/h1-5,16H,6H2,(H2,14,15). The van der Waals surface area contributed by atoms with Gasteiger partial charge in [0.15, 0.2) is 11.5 Å². The zero-order valence-corrected chi connectivity index (χ0v) is 12.1. The normalized spacial score (nSPS) is 13.2. The maximum absolute atomic E-state index is 12.2. The van der Waals surface area contributed by atoms with Gasteiger partial charge in [-0.05, 0) is 18.2 Å². The van der Waals surface area contributed by atoms with Gasteiger partial charge in [-0.1, -0.05) is 11.6 Å². The third-order valence-electron chi connectivity index (χ3n) is 2.78. The first-order chi connectivity index (χ1) is 9.95. The minimum atomic E-state index is -3.82. The Kier molecular flexibility index (Phi) is 3.26. The molecule has 1 aliphatic heterocycles. The molecule has 0 saturated heterocycles. The lowest BCUT2D eigenvalue weighted by Gasteiger charge is -2.09. The molecule has 3 N–H and O–H groups in total. The molecule has 9 heteroatoms. The van der Waals surface area contributed by atoms with Gasteiger partial charge in [0.1, 0.15) is 10.7 Å². The molecular weight excluding hydrogens is 318 g/mol. The van der Waals surface area contributed by atoms with E-state index in [2.05, 4.69) is 9.71 Å². The van der Waals surface area contributed by atoms with Crippen LogP contribution in [-0.2, 0) is 10.0 Å². The highest BCUT2D eigenvalue weighted by Crippen LogP contribution is 2.34. The maximum atomic E-state index is 12.2. The topological polar surface area (TPSA) is 104 Å². The van der Waals surface area contributed by atoms with Gasteiger partial charge in [0.2, 0.25) is 6.79 Å². The van der Waals surface area contributed by atoms with Crippen molar-refractivity contribution in [2.75, 3.05) is 17.2 Å². The molecule has 0 atom stereocenters. The van der Waals surface area contributed by atoms with E-state index in [0.717, 1.165) is 6.20 Å². The number of fused-ring (bicyclic) bond motifs is 1. The number of nitrogens with zero attached hydrogens (tertiary/aromatic N) is 1. The molecule has 0 spiro atoms. The molecule has 0 unspecified atom stereocenters. The SMILES string of the molecule is Nc1ncc(S(=O)(=O)Nc2ccc3c(c2)OCO3)cc1Cl. The number of anilines is 2. The van der Waals surface area contributed by atoms with Crippen molar-refractivity contribution in [2.24, 2.45) is 0 Å². The summed E-state index contributed by atoms with van der Waals surface area (Å²) in [6.45, 7) is 0.114. The minimum Gasteiger partial charge on any atom is -0.454 e. The van der Waals surface area contributed by atoms with Crippen LogP contribution in [0.1, 0.15) is 0 Å². The fourth-order valence-electron chi connectivity index (χ4n) is 1.75. The average molecular weight is 328 g/mol. The van der Waals surface area contributed by atoms with E-state index in [9.17, 15) is 8.42 Å². The van der Waals surface area contributed by atoms with Crippen LogP contribution in [0.4, 0.5) is 11.5 Å². The molecule has 0 aliphatic carbocycles. The van der Waals surface area contributed by atoms with Crippen molar-refractivity contribution in [3.63, 3.8) is 0 Å². The summed E-state index contributed by atoms with van der Waals surface area (Å²) >= 11 is 5.78. The number of sulfonamides is 1. The van der Waals surface area contributed by atoms with Gasteiger partial charge in [-0.2, -0.15) is 0 Å². The van der Waals surface area contributed by atoms with Crippen molar-refractivity contribution in [2.45, 2.75) is 4.90 Å². The second kappa shape index (κ2) is 4.97. The smallest absolute Gasteiger partial charge is 0.263 e. The zero-order valence-electron chi connectivity index (χ0n) is 10.5. The molecular formula is C12H10ClN3O4S. The second-order valence-corrected chi connectivity index (χ2v) is 6.30. The predicted octanol–water partition coefficient (Wildman–Crippen LogP) is 1.85. The van der Waals surface area contributed by atoms with E-state index in [1.807, 2.05) is 0 Å². The number of benzene rings is 1. The van der Waals surface area contributed by atoms with Crippen LogP contribution in [-0.4, -0.2) is 20.2 Å². The Morgan fingerprint density at radius 3 is 2.76 bits per heavy atom. The van der Waals surface area contributed by atoms with E-state index < -0.39 is 10.0 Å². The number of pyridine rings is 1. The van der Waals surface area contributed by atoms with Gasteiger partial charge >= 0.3 is 0 Å². The number of rotatable bonds is 3. The zero-order chi connectivity index (χ0) is 15.0. The molecule has 1 aromatic heterocycles. The van der Waals surface area contributed by atoms with Crippen molar-refractivity contribution in [3.8, 4) is 11.5 Å². The van der Waals surface area contributed by atoms with Crippen molar-refractivity contribution in [1.82, 2.24) is 4.98 Å². The van der Waals surface area contributed by atoms with Crippen LogP contribution in [0.2, 0.25) is 5.02 Å². The summed E-state index contributed by atoms with van der Waals surface area (Å²) in [5, 5.41) is 0.0727. The van der Waals surface area contributed by atoms with Gasteiger partial charge in [-0.15, -0.1) is 0 Å². The van der Waals surface area contributed by atoms with Crippen LogP contribution >= 0.6 is 11.6 Å². The number of ether oxygens (including phenoxy) is 2. The van der Waals surface area contributed by atoms with E-state index in [0.29, 0.717) is 17.2 Å². The van der Waals surface area contributed by atoms with E-state index >= 15 is 0 Å². The molecule has 0 bridgehead atoms. The second-order valence-electron chi connectivity index (χ2n) is 4.21. The average Bonchev–Trinajstić information content (AvgIpc) is 2.88. The number of nitrogens with one attached hydrogen (secondary N) is 1. The molecule has 0 saturated carbocycles. The summed E-state index contributed by atoms with van der Waals surface area (Å²) in [6.07, 6.45) is 1.14. The van der Waals surface area contributed by atoms with Crippen LogP contribution in [0.5, 0.6) is 11.5 Å². The number of hydrogen-bond donors (Lipinski definition) is 2. The molecule has 0 fully saturated rings. The number of nitrogen functional groups attached to an aromatic ring is 1. The molecule has 7 nitrogen and oxygen atoms in total. The Bertz CT molecular complexity index is 810. The van der Waals surface area contributed by atoms with Crippen LogP contribution in [0.15, 0.2) is 35.4 Å². The largest absolute Gasteiger partial charge is 0.454 e. The van der Waals surface area contributed by atoms with Crippen LogP contribution in [0.3, 0.4) is 0 Å². The van der Waals surface area contributed by atoms with Gasteiger partial charge < -0.3 is 15.2 Å². The van der Waals surface area contributed by atoms with E-state index in [1.54, 1.807) is 12.1 Å². The third kappa shape index (κ3) is 2.67. The molecule has 1 aliphatic rings. The van der Waals surface area contributed by atoms with Gasteiger partial charge in [0.05, 0.1) is 10.7 Å². The van der Waals surface area contributed by atoms with Crippen LogP contribution < -0.4 is 19.9 Å². The molecule has 1 aromatic carbocycles. The predicted molar refractivity (Wildman–Crippen MR) is 77.0 cm³/mol. The van der Waals surface area contributed by atoms with E-state index in [1.165, 1.54) is 12.1 Å². The molecule has 2 aromatic rings. The lowest BCUT2D eigenvalue weighted by molar-refractivity contribution is 0.174. The van der Waals surface area contributed by atoms with Crippen LogP contribution in [0.25, 0.3) is 0 Å². The van der Waals surface area contributed by atoms with Crippen molar-refractivity contribution >= 4 is 33.1 Å². The quantitative estimate of drug-likeness (QED) is 0.891. The molecule has 0 amide bonds. The minimum absolute atomic E-state index is 0.0682. The Hall–Kier alpha value is -2.19. The summed E-state index contributed by atoms with van der Waals surface area (Å²) < 4.78 is 37.2. The van der Waals surface area contributed by atoms with Gasteiger partial charge in [0, 0.05) is 12.3 Å². The Morgan fingerprint density at radius 2 is 2.00 bits per heavy atom. The fraction of sp³-hybridized carbons (Fsp3) is 0.0833. The third-order valence-corrected chi connectivity index (χ3v) is 4.43. The van der Waals surface area contributed by atoms with Crippen molar-refractivity contribution in [3.05, 3.63) is 35.5 Å². The highest BCUT2D eigenvalue weighted by molar-refractivity contribution is 7.92. The number of halogens is 1. The summed E-state index contributed by atoms with van der Waals surface area (Å²) in [5.41, 5.74) is 5.80. The molecule has 3 rings (SSSR count). The molecule has 110 valence electrons. The highest BCUT2D eigenvalue weighted by atomic mass is 35.5. The van der Waals surface area contributed by atoms with Crippen LogP contribution in [0, 0.1) is 0 Å². The summed E-state index contributed by atoms with van der Waals surface area (Å²) in [4.78, 5) is 3.64. The monoisotopic (exact) mass is 327 g/mol. The highest BCUT2D eigenvalue weighted by Gasteiger charge is 2.19. The first-order valence-electron chi connectivity index (χ1n) is 5.79. The first-order valence-corrected chi connectivity index (χ1v) is 7.65. The summed E-state index contributed by atoms with van der Waals surface area (Å²) in [6, 6.07) is 5.96. The fourth-order valence-corrected chi connectivity index (χ4v) is 3.00. The summed E-state index contributed by atoms with van der Waals surface area (Å²) in [7, 11) is -3.82. The number of nitrogens with two attached hydrogens (primary N) is 1. The first kappa shape index (κ1) is 13.8. The van der Waals surface area contributed by atoms with Gasteiger partial charge in [-0.25, -0.2) is 13.4 Å². The maximum Gasteiger partial charge on any atom is 0.263 e. The lowest BCUT2D eigenvalue weighted by atomic mass is 10.3. The molecule has 21 heavy (non-hydrogen) atoms. The van der Waals surface area contributed by atoms with Crippen molar-refractivity contribution < 1.29 is 17.9 Å². The van der Waals surface area contributed by atoms with Crippen molar-refractivity contribution in [1.29, 1.82) is 0 Å². The molecule has 0 radical (unpaired) electrons. The lowest BCUT2D eigenvalue weighted by Crippen LogP contribution is -2.13.